The van der Waals surface area contributed by atoms with E-state index in [4.69, 9.17) is 0 Å². The highest BCUT2D eigenvalue weighted by Gasteiger charge is 2.22. The molecule has 1 atom stereocenters. The Morgan fingerprint density at radius 2 is 1.92 bits per heavy atom. The number of rotatable bonds is 5. The molecular formula is C19H18N4OS. The minimum atomic E-state index is -0.257. The Kier molecular flexibility index (Phi) is 4.36. The topological polar surface area (TPSA) is 60.7 Å². The summed E-state index contributed by atoms with van der Waals surface area (Å²) in [5.41, 5.74) is 4.36. The van der Waals surface area contributed by atoms with Gasteiger partial charge in [0, 0.05) is 5.56 Å². The first-order valence-corrected chi connectivity index (χ1v) is 9.27. The summed E-state index contributed by atoms with van der Waals surface area (Å²) in [7, 11) is 0. The van der Waals surface area contributed by atoms with E-state index in [9.17, 15) is 4.79 Å². The molecule has 1 aliphatic rings. The Morgan fingerprint density at radius 1 is 1.12 bits per heavy atom. The number of nitrogens with zero attached hydrogens (tertiary/aromatic N) is 4. The average Bonchev–Trinajstić information content (AvgIpc) is 3.30. The largest absolute Gasteiger partial charge is 0.293 e. The predicted octanol–water partition coefficient (Wildman–Crippen LogP) is 3.51. The molecule has 2 aromatic carbocycles. The molecule has 0 saturated carbocycles. The van der Waals surface area contributed by atoms with Crippen LogP contribution in [0.5, 0.6) is 0 Å². The van der Waals surface area contributed by atoms with Gasteiger partial charge in [0.25, 0.3) is 0 Å². The van der Waals surface area contributed by atoms with E-state index in [1.807, 2.05) is 43.3 Å². The Hall–Kier alpha value is -2.47. The lowest BCUT2D eigenvalue weighted by atomic mass is 10.0. The van der Waals surface area contributed by atoms with Gasteiger partial charge in [0.15, 0.2) is 5.78 Å². The molecule has 6 heteroatoms. The maximum atomic E-state index is 12.8. The van der Waals surface area contributed by atoms with E-state index >= 15 is 0 Å². The van der Waals surface area contributed by atoms with Crippen molar-refractivity contribution in [3.63, 3.8) is 0 Å². The van der Waals surface area contributed by atoms with Gasteiger partial charge in [-0.3, -0.25) is 4.79 Å². The van der Waals surface area contributed by atoms with E-state index in [0.717, 1.165) is 24.1 Å². The van der Waals surface area contributed by atoms with Gasteiger partial charge in [0.2, 0.25) is 5.16 Å². The molecule has 1 aromatic heterocycles. The van der Waals surface area contributed by atoms with Gasteiger partial charge in [-0.15, -0.1) is 5.10 Å². The third-order valence-electron chi connectivity index (χ3n) is 4.48. The minimum absolute atomic E-state index is 0.113. The van der Waals surface area contributed by atoms with Crippen LogP contribution in [0.25, 0.3) is 5.69 Å². The number of carbonyl (C=O) groups is 1. The number of aryl methyl sites for hydroxylation is 2. The Labute approximate surface area is 150 Å². The van der Waals surface area contributed by atoms with Gasteiger partial charge in [0.05, 0.1) is 10.9 Å². The average molecular weight is 350 g/mol. The summed E-state index contributed by atoms with van der Waals surface area (Å²) in [6.45, 7) is 1.91. The molecule has 1 aliphatic carbocycles. The van der Waals surface area contributed by atoms with Crippen molar-refractivity contribution in [2.24, 2.45) is 0 Å². The highest BCUT2D eigenvalue weighted by molar-refractivity contribution is 8.00. The van der Waals surface area contributed by atoms with Crippen LogP contribution in [0.15, 0.2) is 53.7 Å². The quantitative estimate of drug-likeness (QED) is 0.520. The fourth-order valence-electron chi connectivity index (χ4n) is 3.16. The lowest BCUT2D eigenvalue weighted by molar-refractivity contribution is 0.0993. The van der Waals surface area contributed by atoms with Crippen LogP contribution < -0.4 is 0 Å². The third kappa shape index (κ3) is 3.22. The number of carbonyl (C=O) groups excluding carboxylic acids is 1. The zero-order valence-corrected chi connectivity index (χ0v) is 14.7. The predicted molar refractivity (Wildman–Crippen MR) is 97.3 cm³/mol. The number of fused-ring (bicyclic) bond motifs is 1. The number of thioether (sulfide) groups is 1. The van der Waals surface area contributed by atoms with E-state index in [2.05, 4.69) is 27.7 Å². The second-order valence-corrected chi connectivity index (χ2v) is 7.48. The van der Waals surface area contributed by atoms with Crippen molar-refractivity contribution in [3.8, 4) is 5.69 Å². The van der Waals surface area contributed by atoms with Gasteiger partial charge in [-0.05, 0) is 65.9 Å². The van der Waals surface area contributed by atoms with Crippen LogP contribution >= 0.6 is 11.8 Å². The number of hydrogen-bond acceptors (Lipinski definition) is 5. The second kappa shape index (κ2) is 6.80. The molecule has 0 amide bonds. The third-order valence-corrected chi connectivity index (χ3v) is 5.51. The first-order chi connectivity index (χ1) is 12.2. The van der Waals surface area contributed by atoms with E-state index in [-0.39, 0.29) is 11.0 Å². The first-order valence-electron chi connectivity index (χ1n) is 8.39. The molecule has 0 N–H and O–H groups in total. The summed E-state index contributed by atoms with van der Waals surface area (Å²) in [6, 6.07) is 15.8. The van der Waals surface area contributed by atoms with E-state index < -0.39 is 0 Å². The number of benzene rings is 2. The van der Waals surface area contributed by atoms with Crippen LogP contribution in [0.4, 0.5) is 0 Å². The standard InChI is InChI=1S/C19H18N4OS/c1-13(18(24)16-11-10-14-6-5-7-15(14)12-16)25-19-20-21-22-23(19)17-8-3-2-4-9-17/h2-4,8-13H,5-7H2,1H3/t13-/m1/s1. The van der Waals surface area contributed by atoms with Crippen molar-refractivity contribution in [3.05, 3.63) is 65.2 Å². The molecular weight excluding hydrogens is 332 g/mol. The highest BCUT2D eigenvalue weighted by atomic mass is 32.2. The van der Waals surface area contributed by atoms with Crippen molar-refractivity contribution >= 4 is 17.5 Å². The molecule has 0 unspecified atom stereocenters. The molecule has 126 valence electrons. The van der Waals surface area contributed by atoms with Crippen molar-refractivity contribution in [2.75, 3.05) is 0 Å². The molecule has 5 nitrogen and oxygen atoms in total. The summed E-state index contributed by atoms with van der Waals surface area (Å²) in [5, 5.41) is 12.2. The summed E-state index contributed by atoms with van der Waals surface area (Å²) in [6.07, 6.45) is 3.38. The van der Waals surface area contributed by atoms with Crippen molar-refractivity contribution in [1.82, 2.24) is 20.2 Å². The van der Waals surface area contributed by atoms with E-state index in [1.54, 1.807) is 4.68 Å². The molecule has 0 aliphatic heterocycles. The van der Waals surface area contributed by atoms with E-state index in [0.29, 0.717) is 5.16 Å². The lowest BCUT2D eigenvalue weighted by Gasteiger charge is -2.11. The van der Waals surface area contributed by atoms with Crippen LogP contribution in [-0.4, -0.2) is 31.2 Å². The van der Waals surface area contributed by atoms with Crippen molar-refractivity contribution < 1.29 is 4.79 Å². The zero-order valence-electron chi connectivity index (χ0n) is 13.9. The van der Waals surface area contributed by atoms with Crippen molar-refractivity contribution in [1.29, 1.82) is 0 Å². The maximum Gasteiger partial charge on any atom is 0.214 e. The molecule has 0 fully saturated rings. The van der Waals surface area contributed by atoms with Crippen LogP contribution in [0, 0.1) is 0 Å². The number of ketones is 1. The second-order valence-electron chi connectivity index (χ2n) is 6.17. The van der Waals surface area contributed by atoms with Gasteiger partial charge in [0.1, 0.15) is 0 Å². The van der Waals surface area contributed by atoms with Crippen LogP contribution in [0.3, 0.4) is 0 Å². The maximum absolute atomic E-state index is 12.8. The summed E-state index contributed by atoms with van der Waals surface area (Å²) >= 11 is 1.39. The number of para-hydroxylation sites is 1. The van der Waals surface area contributed by atoms with Gasteiger partial charge < -0.3 is 0 Å². The summed E-state index contributed by atoms with van der Waals surface area (Å²) < 4.78 is 1.66. The fraction of sp³-hybridized carbons (Fsp3) is 0.263. The van der Waals surface area contributed by atoms with E-state index in [1.165, 1.54) is 29.3 Å². The molecule has 0 spiro atoms. The summed E-state index contributed by atoms with van der Waals surface area (Å²) in [4.78, 5) is 12.8. The highest BCUT2D eigenvalue weighted by Crippen LogP contribution is 2.28. The van der Waals surface area contributed by atoms with Crippen LogP contribution in [0.2, 0.25) is 0 Å². The number of aromatic nitrogens is 4. The fourth-order valence-corrected chi connectivity index (χ4v) is 4.04. The Morgan fingerprint density at radius 3 is 2.76 bits per heavy atom. The van der Waals surface area contributed by atoms with Gasteiger partial charge in [-0.1, -0.05) is 42.1 Å². The smallest absolute Gasteiger partial charge is 0.214 e. The van der Waals surface area contributed by atoms with Crippen LogP contribution in [-0.2, 0) is 12.8 Å². The van der Waals surface area contributed by atoms with Crippen LogP contribution in [0.1, 0.15) is 34.8 Å². The molecule has 0 saturated heterocycles. The van der Waals surface area contributed by atoms with Gasteiger partial charge in [-0.2, -0.15) is 4.68 Å². The number of tetrazole rings is 1. The lowest BCUT2D eigenvalue weighted by Crippen LogP contribution is -2.15. The molecule has 3 aromatic rings. The van der Waals surface area contributed by atoms with Crippen molar-refractivity contribution in [2.45, 2.75) is 36.6 Å². The molecule has 1 heterocycles. The number of Topliss-reactive ketones (excluding diaryl/α,β-unsaturated/α-hetero) is 1. The first kappa shape index (κ1) is 16.0. The van der Waals surface area contributed by atoms with Gasteiger partial charge in [-0.25, -0.2) is 0 Å². The Bertz CT molecular complexity index is 907. The molecule has 25 heavy (non-hydrogen) atoms. The molecule has 0 bridgehead atoms. The SMILES string of the molecule is C[C@@H](Sc1nnnn1-c1ccccc1)C(=O)c1ccc2c(c1)CCC2. The minimum Gasteiger partial charge on any atom is -0.293 e. The number of hydrogen-bond donors (Lipinski definition) is 0. The molecule has 0 radical (unpaired) electrons. The Balaban J connectivity index is 1.54. The summed E-state index contributed by atoms with van der Waals surface area (Å²) in [5.74, 6) is 0.113. The monoisotopic (exact) mass is 350 g/mol. The van der Waals surface area contributed by atoms with Gasteiger partial charge >= 0.3 is 0 Å². The molecule has 4 rings (SSSR count). The normalized spacial score (nSPS) is 14.3. The zero-order chi connectivity index (χ0) is 17.2.